The van der Waals surface area contributed by atoms with Gasteiger partial charge in [0.05, 0.1) is 12.3 Å². The molecule has 98 valence electrons. The molecule has 0 saturated carbocycles. The summed E-state index contributed by atoms with van der Waals surface area (Å²) in [6, 6.07) is 0.364. The van der Waals surface area contributed by atoms with Gasteiger partial charge in [0, 0.05) is 25.7 Å². The maximum absolute atomic E-state index is 9.47. The van der Waals surface area contributed by atoms with Crippen molar-refractivity contribution in [1.29, 1.82) is 0 Å². The van der Waals surface area contributed by atoms with Crippen molar-refractivity contribution < 1.29 is 5.11 Å². The molecule has 0 saturated heterocycles. The molecule has 1 heterocycles. The average molecular weight is 239 g/mol. The van der Waals surface area contributed by atoms with Crippen LogP contribution >= 0.6 is 0 Å². The minimum Gasteiger partial charge on any atom is -0.391 e. The smallest absolute Gasteiger partial charge is 0.132 e. The number of aliphatic hydroxyl groups is 1. The third kappa shape index (κ3) is 2.63. The van der Waals surface area contributed by atoms with E-state index in [-0.39, 0.29) is 12.0 Å². The molecule has 4 nitrogen and oxygen atoms in total. The Morgan fingerprint density at radius 1 is 1.41 bits per heavy atom. The van der Waals surface area contributed by atoms with Crippen LogP contribution in [-0.2, 0) is 13.7 Å². The lowest BCUT2D eigenvalue weighted by Crippen LogP contribution is -2.40. The summed E-state index contributed by atoms with van der Waals surface area (Å²) in [5.74, 6) is 1.01. The van der Waals surface area contributed by atoms with Crippen LogP contribution in [0.25, 0.3) is 0 Å². The topological polar surface area (TPSA) is 41.3 Å². The highest BCUT2D eigenvalue weighted by atomic mass is 16.3. The lowest BCUT2D eigenvalue weighted by Gasteiger charge is -2.37. The number of rotatable bonds is 3. The van der Waals surface area contributed by atoms with Gasteiger partial charge in [0.15, 0.2) is 0 Å². The molecule has 1 N–H and O–H groups in total. The van der Waals surface area contributed by atoms with Crippen molar-refractivity contribution in [3.63, 3.8) is 0 Å². The molecule has 0 aliphatic carbocycles. The van der Waals surface area contributed by atoms with Crippen molar-refractivity contribution in [2.75, 3.05) is 11.9 Å². The summed E-state index contributed by atoms with van der Waals surface area (Å²) in [7, 11) is 3.99. The zero-order chi connectivity index (χ0) is 13.4. The van der Waals surface area contributed by atoms with Crippen molar-refractivity contribution in [2.24, 2.45) is 12.5 Å². The van der Waals surface area contributed by atoms with Gasteiger partial charge in [-0.05, 0) is 19.3 Å². The predicted molar refractivity (Wildman–Crippen MR) is 71.2 cm³/mol. The molecule has 0 bridgehead atoms. The molecule has 1 atom stereocenters. The van der Waals surface area contributed by atoms with Crippen LogP contribution in [0.15, 0.2) is 0 Å². The van der Waals surface area contributed by atoms with Crippen molar-refractivity contribution >= 4 is 5.82 Å². The van der Waals surface area contributed by atoms with Crippen molar-refractivity contribution in [3.8, 4) is 0 Å². The molecule has 1 aromatic heterocycles. The molecule has 0 radical (unpaired) electrons. The van der Waals surface area contributed by atoms with Crippen molar-refractivity contribution in [2.45, 2.75) is 47.3 Å². The first kappa shape index (κ1) is 14.0. The Morgan fingerprint density at radius 2 is 1.94 bits per heavy atom. The van der Waals surface area contributed by atoms with E-state index in [1.54, 1.807) is 0 Å². The fourth-order valence-corrected chi connectivity index (χ4v) is 2.08. The number of nitrogens with zero attached hydrogens (tertiary/aromatic N) is 3. The summed E-state index contributed by atoms with van der Waals surface area (Å²) < 4.78 is 1.85. The van der Waals surface area contributed by atoms with Gasteiger partial charge in [0.25, 0.3) is 0 Å². The van der Waals surface area contributed by atoms with Gasteiger partial charge in [-0.1, -0.05) is 20.8 Å². The van der Waals surface area contributed by atoms with E-state index in [1.165, 1.54) is 0 Å². The lowest BCUT2D eigenvalue weighted by atomic mass is 9.87. The van der Waals surface area contributed by atoms with Gasteiger partial charge in [-0.25, -0.2) is 0 Å². The van der Waals surface area contributed by atoms with E-state index in [1.807, 2.05) is 18.7 Å². The van der Waals surface area contributed by atoms with Crippen molar-refractivity contribution in [3.05, 3.63) is 11.3 Å². The van der Waals surface area contributed by atoms with Crippen LogP contribution in [0.3, 0.4) is 0 Å². The number of aryl methyl sites for hydroxylation is 2. The molecular weight excluding hydrogens is 214 g/mol. The summed E-state index contributed by atoms with van der Waals surface area (Å²) in [6.07, 6.45) is 0. The molecule has 0 spiro atoms. The first-order chi connectivity index (χ1) is 7.70. The quantitative estimate of drug-likeness (QED) is 0.878. The van der Waals surface area contributed by atoms with Gasteiger partial charge >= 0.3 is 0 Å². The summed E-state index contributed by atoms with van der Waals surface area (Å²) in [5, 5.41) is 13.8. The highest BCUT2D eigenvalue weighted by Gasteiger charge is 2.27. The highest BCUT2D eigenvalue weighted by Crippen LogP contribution is 2.30. The molecular formula is C13H25N3O. The largest absolute Gasteiger partial charge is 0.391 e. The zero-order valence-corrected chi connectivity index (χ0v) is 12.1. The molecule has 0 aliphatic rings. The second-order valence-corrected chi connectivity index (χ2v) is 5.82. The Hall–Kier alpha value is -1.03. The van der Waals surface area contributed by atoms with E-state index in [0.717, 1.165) is 17.1 Å². The maximum atomic E-state index is 9.47. The van der Waals surface area contributed by atoms with Crippen LogP contribution in [0.5, 0.6) is 0 Å². The molecule has 0 amide bonds. The van der Waals surface area contributed by atoms with Crippen LogP contribution in [0.4, 0.5) is 5.82 Å². The fourth-order valence-electron chi connectivity index (χ4n) is 2.08. The first-order valence-corrected chi connectivity index (χ1v) is 6.06. The average Bonchev–Trinajstić information content (AvgIpc) is 2.49. The number of anilines is 1. The second-order valence-electron chi connectivity index (χ2n) is 5.82. The van der Waals surface area contributed by atoms with Gasteiger partial charge < -0.3 is 10.0 Å². The summed E-state index contributed by atoms with van der Waals surface area (Å²) in [4.78, 5) is 2.20. The van der Waals surface area contributed by atoms with Crippen molar-refractivity contribution in [1.82, 2.24) is 9.78 Å². The van der Waals surface area contributed by atoms with Crippen LogP contribution in [-0.4, -0.2) is 28.0 Å². The monoisotopic (exact) mass is 239 g/mol. The maximum Gasteiger partial charge on any atom is 0.132 e. The third-order valence-electron chi connectivity index (χ3n) is 3.64. The summed E-state index contributed by atoms with van der Waals surface area (Å²) in [6.45, 7) is 10.8. The molecule has 4 heteroatoms. The molecule has 0 fully saturated rings. The number of hydrogen-bond donors (Lipinski definition) is 1. The number of hydrogen-bond acceptors (Lipinski definition) is 3. The van der Waals surface area contributed by atoms with Gasteiger partial charge in [-0.2, -0.15) is 5.10 Å². The van der Waals surface area contributed by atoms with Gasteiger partial charge in [0.1, 0.15) is 5.82 Å². The molecule has 0 aromatic carbocycles. The third-order valence-corrected chi connectivity index (χ3v) is 3.64. The Labute approximate surface area is 104 Å². The molecule has 1 aromatic rings. The van der Waals surface area contributed by atoms with Crippen LogP contribution in [0.1, 0.15) is 39.0 Å². The number of aliphatic hydroxyl groups excluding tert-OH is 1. The second kappa shape index (κ2) is 4.69. The minimum atomic E-state index is 0.0379. The molecule has 1 rings (SSSR count). The van der Waals surface area contributed by atoms with Crippen LogP contribution < -0.4 is 4.90 Å². The van der Waals surface area contributed by atoms with E-state index in [2.05, 4.69) is 44.7 Å². The minimum absolute atomic E-state index is 0.0379. The van der Waals surface area contributed by atoms with E-state index >= 15 is 0 Å². The van der Waals surface area contributed by atoms with Gasteiger partial charge in [-0.3, -0.25) is 4.68 Å². The summed E-state index contributed by atoms with van der Waals surface area (Å²) >= 11 is 0. The first-order valence-electron chi connectivity index (χ1n) is 6.06. The van der Waals surface area contributed by atoms with E-state index in [0.29, 0.717) is 6.04 Å². The Balaban J connectivity index is 3.16. The molecule has 17 heavy (non-hydrogen) atoms. The Morgan fingerprint density at radius 3 is 2.35 bits per heavy atom. The lowest BCUT2D eigenvalue weighted by molar-refractivity contribution is 0.279. The SMILES string of the molecule is Cc1nn(C)c(N(C)C(C)C(C)(C)C)c1CO. The Kier molecular flexibility index (Phi) is 3.87. The van der Waals surface area contributed by atoms with Gasteiger partial charge in [-0.15, -0.1) is 0 Å². The molecule has 1 unspecified atom stereocenters. The number of aromatic nitrogens is 2. The van der Waals surface area contributed by atoms with E-state index < -0.39 is 0 Å². The molecule has 0 aliphatic heterocycles. The summed E-state index contributed by atoms with van der Waals surface area (Å²) in [5.41, 5.74) is 2.00. The van der Waals surface area contributed by atoms with Crippen LogP contribution in [0.2, 0.25) is 0 Å². The zero-order valence-electron chi connectivity index (χ0n) is 12.1. The highest BCUT2D eigenvalue weighted by molar-refractivity contribution is 5.50. The normalized spacial score (nSPS) is 13.9. The van der Waals surface area contributed by atoms with E-state index in [9.17, 15) is 5.11 Å². The Bertz CT molecular complexity index is 390. The van der Waals surface area contributed by atoms with Gasteiger partial charge in [0.2, 0.25) is 0 Å². The predicted octanol–water partition coefficient (Wildman–Crippen LogP) is 2.09. The van der Waals surface area contributed by atoms with E-state index in [4.69, 9.17) is 0 Å². The van der Waals surface area contributed by atoms with Crippen LogP contribution in [0, 0.1) is 12.3 Å². The fraction of sp³-hybridized carbons (Fsp3) is 0.769. The standard InChI is InChI=1S/C13H25N3O/c1-9-11(8-17)12(16(7)14-9)15(6)10(2)13(3,4)5/h10,17H,8H2,1-7H3.